The van der Waals surface area contributed by atoms with Crippen molar-refractivity contribution in [2.75, 3.05) is 44.2 Å². The summed E-state index contributed by atoms with van der Waals surface area (Å²) in [4.78, 5) is 39.3. The summed E-state index contributed by atoms with van der Waals surface area (Å²) in [7, 11) is 0. The van der Waals surface area contributed by atoms with Crippen molar-refractivity contribution in [2.24, 2.45) is 17.6 Å². The Balaban J connectivity index is 0.000000177. The first-order valence-electron chi connectivity index (χ1n) is 21.9. The van der Waals surface area contributed by atoms with Gasteiger partial charge in [-0.1, -0.05) is 18.2 Å². The molecule has 3 aliphatic heterocycles. The fraction of sp³-hybridized carbons (Fsp3) is 0.609. The first-order chi connectivity index (χ1) is 28.0. The first-order valence-corrected chi connectivity index (χ1v) is 21.9. The molecule has 2 aliphatic carbocycles. The van der Waals surface area contributed by atoms with Gasteiger partial charge in [-0.15, -0.1) is 0 Å². The van der Waals surface area contributed by atoms with Crippen molar-refractivity contribution >= 4 is 17.6 Å². The van der Waals surface area contributed by atoms with Crippen LogP contribution in [0.5, 0.6) is 5.88 Å². The highest BCUT2D eigenvalue weighted by atomic mass is 19.1. The van der Waals surface area contributed by atoms with Crippen LogP contribution in [0, 0.1) is 17.7 Å². The van der Waals surface area contributed by atoms with Crippen LogP contribution in [-0.4, -0.2) is 88.7 Å². The molecule has 3 N–H and O–H groups in total. The number of likely N-dealkylation sites (tertiary alicyclic amines) is 2. The van der Waals surface area contributed by atoms with Crippen LogP contribution < -0.4 is 20.7 Å². The van der Waals surface area contributed by atoms with Gasteiger partial charge in [-0.3, -0.25) is 14.5 Å². The Hall–Kier alpha value is -4.16. The number of nitrogens with one attached hydrogen (secondary N) is 1. The molecular formula is C46H63F2N7O3. The number of fused-ring (bicyclic) bond motifs is 1. The molecule has 2 aromatic heterocycles. The van der Waals surface area contributed by atoms with E-state index in [0.717, 1.165) is 113 Å². The molecule has 2 saturated carbocycles. The van der Waals surface area contributed by atoms with E-state index < -0.39 is 11.6 Å². The SMILES string of the molecule is CC(C)N1CCC(Oc2ccc3c(n2)CCN(c2ccc(C(N)=O)cn2)C3)CC1.CCNC(=O)C1CC(F)(C2CCC(c3ccc(CN4CCCC4)c(F)c3)CC2)C1. The van der Waals surface area contributed by atoms with Crippen LogP contribution in [0.2, 0.25) is 0 Å². The minimum atomic E-state index is -1.18. The quantitative estimate of drug-likeness (QED) is 0.207. The van der Waals surface area contributed by atoms with E-state index in [1.54, 1.807) is 12.1 Å². The molecule has 12 heteroatoms. The van der Waals surface area contributed by atoms with Gasteiger partial charge in [0.1, 0.15) is 23.4 Å². The average Bonchev–Trinajstić information content (AvgIpc) is 3.74. The number of amides is 2. The normalized spacial score (nSPS) is 25.3. The zero-order valence-corrected chi connectivity index (χ0v) is 34.7. The lowest BCUT2D eigenvalue weighted by atomic mass is 9.61. The van der Waals surface area contributed by atoms with Crippen molar-refractivity contribution in [1.82, 2.24) is 25.1 Å². The van der Waals surface area contributed by atoms with E-state index >= 15 is 4.39 Å². The van der Waals surface area contributed by atoms with Gasteiger partial charge in [-0.2, -0.15) is 0 Å². The second-order valence-electron chi connectivity index (χ2n) is 17.6. The highest BCUT2D eigenvalue weighted by Gasteiger charge is 2.53. The second-order valence-corrected chi connectivity index (χ2v) is 17.6. The number of hydrogen-bond acceptors (Lipinski definition) is 8. The number of aromatic nitrogens is 2. The number of carbonyl (C=O) groups is 2. The minimum Gasteiger partial charge on any atom is -0.474 e. The summed E-state index contributed by atoms with van der Waals surface area (Å²) in [5.41, 5.74) is 8.69. The van der Waals surface area contributed by atoms with Crippen molar-refractivity contribution in [2.45, 2.75) is 128 Å². The number of piperidine rings is 1. The fourth-order valence-electron chi connectivity index (χ4n) is 9.73. The monoisotopic (exact) mass is 799 g/mol. The van der Waals surface area contributed by atoms with Crippen LogP contribution in [0.3, 0.4) is 0 Å². The van der Waals surface area contributed by atoms with Crippen LogP contribution in [0.15, 0.2) is 48.7 Å². The predicted molar refractivity (Wildman–Crippen MR) is 223 cm³/mol. The van der Waals surface area contributed by atoms with Crippen molar-refractivity contribution in [3.63, 3.8) is 0 Å². The molecule has 0 atom stereocenters. The van der Waals surface area contributed by atoms with E-state index in [2.05, 4.69) is 51.0 Å². The lowest BCUT2D eigenvalue weighted by Crippen LogP contribution is -2.52. The Bertz CT molecular complexity index is 1850. The number of pyridine rings is 2. The molecule has 0 unspecified atom stereocenters. The van der Waals surface area contributed by atoms with E-state index in [-0.39, 0.29) is 29.7 Å². The number of benzene rings is 1. The number of halogens is 2. The molecule has 2 amide bonds. The van der Waals surface area contributed by atoms with Crippen molar-refractivity contribution in [3.8, 4) is 5.88 Å². The number of carbonyl (C=O) groups excluding carboxylic acids is 2. The third-order valence-corrected chi connectivity index (χ3v) is 13.4. The van der Waals surface area contributed by atoms with Crippen LogP contribution in [0.4, 0.5) is 14.6 Å². The third-order valence-electron chi connectivity index (χ3n) is 13.4. The summed E-state index contributed by atoms with van der Waals surface area (Å²) < 4.78 is 36.1. The zero-order valence-electron chi connectivity index (χ0n) is 34.7. The largest absolute Gasteiger partial charge is 0.474 e. The highest BCUT2D eigenvalue weighted by Crippen LogP contribution is 2.52. The van der Waals surface area contributed by atoms with E-state index in [0.29, 0.717) is 43.5 Å². The molecular weight excluding hydrogens is 737 g/mol. The summed E-state index contributed by atoms with van der Waals surface area (Å²) in [6.45, 7) is 13.6. The number of nitrogens with two attached hydrogens (primary N) is 1. The molecule has 0 radical (unpaired) electrons. The van der Waals surface area contributed by atoms with Crippen LogP contribution in [0.25, 0.3) is 0 Å². The predicted octanol–water partition coefficient (Wildman–Crippen LogP) is 7.34. The Morgan fingerprint density at radius 1 is 0.966 bits per heavy atom. The van der Waals surface area contributed by atoms with Gasteiger partial charge in [0.15, 0.2) is 0 Å². The van der Waals surface area contributed by atoms with Gasteiger partial charge < -0.3 is 25.6 Å². The molecule has 4 fully saturated rings. The van der Waals surface area contributed by atoms with Gasteiger partial charge in [0, 0.05) is 75.5 Å². The zero-order chi connectivity index (χ0) is 40.8. The van der Waals surface area contributed by atoms with Gasteiger partial charge >= 0.3 is 0 Å². The number of nitrogens with zero attached hydrogens (tertiary/aromatic N) is 5. The molecule has 5 aliphatic rings. The van der Waals surface area contributed by atoms with E-state index in [4.69, 9.17) is 15.5 Å². The van der Waals surface area contributed by atoms with Crippen molar-refractivity contribution in [1.29, 1.82) is 0 Å². The first kappa shape index (κ1) is 42.0. The van der Waals surface area contributed by atoms with Crippen LogP contribution in [-0.2, 0) is 24.3 Å². The number of ether oxygens (including phenoxy) is 1. The molecule has 10 nitrogen and oxygen atoms in total. The lowest BCUT2D eigenvalue weighted by Gasteiger charge is -2.47. The smallest absolute Gasteiger partial charge is 0.250 e. The van der Waals surface area contributed by atoms with Crippen molar-refractivity contribution in [3.05, 3.63) is 82.4 Å². The molecule has 2 saturated heterocycles. The number of anilines is 1. The number of alkyl halides is 1. The molecule has 58 heavy (non-hydrogen) atoms. The van der Waals surface area contributed by atoms with E-state index in [1.165, 1.54) is 24.6 Å². The molecule has 1 aromatic carbocycles. The molecule has 8 rings (SSSR count). The van der Waals surface area contributed by atoms with Gasteiger partial charge in [0.05, 0.1) is 11.3 Å². The second kappa shape index (κ2) is 18.8. The Labute approximate surface area is 343 Å². The minimum absolute atomic E-state index is 0.000966. The summed E-state index contributed by atoms with van der Waals surface area (Å²) in [6, 6.07) is 14.0. The summed E-state index contributed by atoms with van der Waals surface area (Å²) in [6.07, 6.45) is 11.4. The number of primary amides is 1. The Kier molecular flexibility index (Phi) is 13.6. The van der Waals surface area contributed by atoms with Gasteiger partial charge in [-0.25, -0.2) is 18.7 Å². The fourth-order valence-corrected chi connectivity index (χ4v) is 9.73. The molecule has 5 heterocycles. The summed E-state index contributed by atoms with van der Waals surface area (Å²) in [5.74, 6) is 1.24. The van der Waals surface area contributed by atoms with E-state index in [1.807, 2.05) is 25.1 Å². The van der Waals surface area contributed by atoms with Gasteiger partial charge in [0.25, 0.3) is 0 Å². The standard InChI is InChI=1S/C24H34F2N2O.C22H29N5O2/c1-2-27-23(29)20-14-24(26,15-20)21-9-7-17(8-10-21)18-5-6-19(22(25)13-18)16-28-11-3-4-12-28;1-15(2)26-10-7-18(8-11-26)29-21-6-4-17-14-27(12-9-19(17)25-21)20-5-3-16(13-24-20)22(23)28/h5-6,13,17,20-21H,2-4,7-12,14-16H2,1H3,(H,27,29);3-6,13,15,18H,7-12,14H2,1-2H3,(H2,23,28). The number of hydrogen-bond donors (Lipinski definition) is 2. The Morgan fingerprint density at radius 3 is 2.34 bits per heavy atom. The summed E-state index contributed by atoms with van der Waals surface area (Å²) in [5, 5.41) is 2.80. The maximum Gasteiger partial charge on any atom is 0.250 e. The van der Waals surface area contributed by atoms with Gasteiger partial charge in [0.2, 0.25) is 17.7 Å². The van der Waals surface area contributed by atoms with Gasteiger partial charge in [-0.05, 0) is 139 Å². The van der Waals surface area contributed by atoms with Crippen molar-refractivity contribution < 1.29 is 23.1 Å². The lowest BCUT2D eigenvalue weighted by molar-refractivity contribution is -0.138. The maximum atomic E-state index is 15.2. The Morgan fingerprint density at radius 2 is 1.71 bits per heavy atom. The molecule has 0 bridgehead atoms. The average molecular weight is 800 g/mol. The van der Waals surface area contributed by atoms with Crippen LogP contribution >= 0.6 is 0 Å². The molecule has 3 aromatic rings. The maximum absolute atomic E-state index is 15.2. The third kappa shape index (κ3) is 10.2. The van der Waals surface area contributed by atoms with Crippen LogP contribution in [0.1, 0.15) is 124 Å². The molecule has 0 spiro atoms. The molecule has 314 valence electrons. The van der Waals surface area contributed by atoms with E-state index in [9.17, 15) is 14.0 Å². The number of rotatable bonds is 11. The highest BCUT2D eigenvalue weighted by molar-refractivity contribution is 5.92. The topological polar surface area (TPSA) is 117 Å². The summed E-state index contributed by atoms with van der Waals surface area (Å²) >= 11 is 0.